The van der Waals surface area contributed by atoms with Gasteiger partial charge in [-0.1, -0.05) is 30.3 Å². The maximum absolute atomic E-state index is 9.27. The molecule has 0 aliphatic carbocycles. The van der Waals surface area contributed by atoms with Gasteiger partial charge in [-0.15, -0.1) is 0 Å². The Labute approximate surface area is 124 Å². The molecule has 0 saturated heterocycles. The topological polar surface area (TPSA) is 60.9 Å². The fourth-order valence-electron chi connectivity index (χ4n) is 2.05. The van der Waals surface area contributed by atoms with Crippen LogP contribution in [0.15, 0.2) is 36.4 Å². The molecule has 1 aromatic heterocycles. The van der Waals surface area contributed by atoms with Crippen molar-refractivity contribution in [1.82, 2.24) is 15.5 Å². The highest BCUT2D eigenvalue weighted by molar-refractivity contribution is 7.99. The summed E-state index contributed by atoms with van der Waals surface area (Å²) in [6.45, 7) is 3.00. The molecule has 0 bridgehead atoms. The zero-order chi connectivity index (χ0) is 14.4. The summed E-state index contributed by atoms with van der Waals surface area (Å²) in [7, 11) is 0. The van der Waals surface area contributed by atoms with Crippen molar-refractivity contribution in [3.8, 4) is 11.3 Å². The summed E-state index contributed by atoms with van der Waals surface area (Å²) in [6, 6.07) is 12.4. The summed E-state index contributed by atoms with van der Waals surface area (Å²) in [5.41, 5.74) is 3.12. The number of aliphatic hydroxyl groups excluding tert-OH is 1. The van der Waals surface area contributed by atoms with Gasteiger partial charge in [0, 0.05) is 29.1 Å². The van der Waals surface area contributed by atoms with E-state index in [-0.39, 0.29) is 17.9 Å². The van der Waals surface area contributed by atoms with E-state index in [2.05, 4.69) is 28.5 Å². The number of hydrogen-bond acceptors (Lipinski definition) is 4. The number of rotatable bonds is 7. The molecule has 108 valence electrons. The molecule has 3 N–H and O–H groups in total. The SMILES string of the molecule is CSC(CO)C(C)NCc1cc(-c2ccccc2)n[nH]1. The van der Waals surface area contributed by atoms with Crippen LogP contribution in [0, 0.1) is 0 Å². The third-order valence-corrected chi connectivity index (χ3v) is 4.52. The van der Waals surface area contributed by atoms with E-state index >= 15 is 0 Å². The molecule has 0 amide bonds. The molecule has 2 aromatic rings. The summed E-state index contributed by atoms with van der Waals surface area (Å²) < 4.78 is 0. The quantitative estimate of drug-likeness (QED) is 0.732. The van der Waals surface area contributed by atoms with E-state index < -0.39 is 0 Å². The maximum atomic E-state index is 9.27. The summed E-state index contributed by atoms with van der Waals surface area (Å²) in [5.74, 6) is 0. The van der Waals surface area contributed by atoms with Gasteiger partial charge < -0.3 is 10.4 Å². The lowest BCUT2D eigenvalue weighted by molar-refractivity contribution is 0.275. The van der Waals surface area contributed by atoms with Gasteiger partial charge in [-0.25, -0.2) is 0 Å². The van der Waals surface area contributed by atoms with Crippen molar-refractivity contribution in [3.63, 3.8) is 0 Å². The van der Waals surface area contributed by atoms with E-state index in [0.717, 1.165) is 23.5 Å². The molecule has 4 nitrogen and oxygen atoms in total. The summed E-state index contributed by atoms with van der Waals surface area (Å²) in [4.78, 5) is 0. The largest absolute Gasteiger partial charge is 0.395 e. The Hall–Kier alpha value is -1.30. The number of hydrogen-bond donors (Lipinski definition) is 3. The number of thioether (sulfide) groups is 1. The zero-order valence-corrected chi connectivity index (χ0v) is 12.7. The van der Waals surface area contributed by atoms with E-state index in [1.807, 2.05) is 36.6 Å². The number of aromatic amines is 1. The lowest BCUT2D eigenvalue weighted by Crippen LogP contribution is -2.37. The number of nitrogens with one attached hydrogen (secondary N) is 2. The smallest absolute Gasteiger partial charge is 0.0924 e. The molecule has 20 heavy (non-hydrogen) atoms. The van der Waals surface area contributed by atoms with Crippen LogP contribution < -0.4 is 5.32 Å². The Morgan fingerprint density at radius 1 is 1.35 bits per heavy atom. The van der Waals surface area contributed by atoms with Crippen LogP contribution in [0.2, 0.25) is 0 Å². The standard InChI is InChI=1S/C15H21N3OS/c1-11(15(10-19)20-2)16-9-13-8-14(18-17-13)12-6-4-3-5-7-12/h3-8,11,15-16,19H,9-10H2,1-2H3,(H,17,18). The number of aliphatic hydroxyl groups is 1. The first kappa shape index (κ1) is 15.1. The van der Waals surface area contributed by atoms with Crippen LogP contribution in [0.25, 0.3) is 11.3 Å². The van der Waals surface area contributed by atoms with Crippen LogP contribution in [-0.2, 0) is 6.54 Å². The molecule has 1 heterocycles. The molecule has 0 radical (unpaired) electrons. The van der Waals surface area contributed by atoms with Crippen LogP contribution in [0.5, 0.6) is 0 Å². The van der Waals surface area contributed by atoms with Gasteiger partial charge in [0.1, 0.15) is 0 Å². The molecule has 0 aliphatic rings. The molecule has 0 spiro atoms. The third-order valence-electron chi connectivity index (χ3n) is 3.36. The van der Waals surface area contributed by atoms with Crippen molar-refractivity contribution in [2.75, 3.05) is 12.9 Å². The minimum absolute atomic E-state index is 0.188. The van der Waals surface area contributed by atoms with E-state index in [4.69, 9.17) is 0 Å². The number of benzene rings is 1. The number of H-pyrrole nitrogens is 1. The van der Waals surface area contributed by atoms with E-state index in [0.29, 0.717) is 0 Å². The summed E-state index contributed by atoms with van der Waals surface area (Å²) in [6.07, 6.45) is 2.02. The molecule has 0 aliphatic heterocycles. The van der Waals surface area contributed by atoms with E-state index in [9.17, 15) is 5.11 Å². The van der Waals surface area contributed by atoms with Crippen molar-refractivity contribution >= 4 is 11.8 Å². The molecule has 0 saturated carbocycles. The second kappa shape index (κ2) is 7.47. The van der Waals surface area contributed by atoms with Gasteiger partial charge in [-0.2, -0.15) is 16.9 Å². The van der Waals surface area contributed by atoms with Crippen molar-refractivity contribution < 1.29 is 5.11 Å². The van der Waals surface area contributed by atoms with Crippen molar-refractivity contribution in [2.24, 2.45) is 0 Å². The Balaban J connectivity index is 1.94. The van der Waals surface area contributed by atoms with Crippen LogP contribution in [0.3, 0.4) is 0 Å². The average molecular weight is 291 g/mol. The first-order chi connectivity index (χ1) is 9.74. The van der Waals surface area contributed by atoms with Crippen LogP contribution >= 0.6 is 11.8 Å². The van der Waals surface area contributed by atoms with Crippen molar-refractivity contribution in [3.05, 3.63) is 42.1 Å². The lowest BCUT2D eigenvalue weighted by atomic mass is 10.1. The predicted molar refractivity (Wildman–Crippen MR) is 84.7 cm³/mol. The van der Waals surface area contributed by atoms with Crippen LogP contribution in [0.4, 0.5) is 0 Å². The molecule has 1 aromatic carbocycles. The average Bonchev–Trinajstić information content (AvgIpc) is 2.96. The molecule has 0 fully saturated rings. The molecule has 2 unspecified atom stereocenters. The fourth-order valence-corrected chi connectivity index (χ4v) is 2.70. The second-order valence-corrected chi connectivity index (χ2v) is 5.85. The second-order valence-electron chi connectivity index (χ2n) is 4.77. The lowest BCUT2D eigenvalue weighted by Gasteiger charge is -2.20. The van der Waals surface area contributed by atoms with Gasteiger partial charge in [0.05, 0.1) is 12.3 Å². The van der Waals surface area contributed by atoms with E-state index in [1.165, 1.54) is 0 Å². The zero-order valence-electron chi connectivity index (χ0n) is 11.8. The summed E-state index contributed by atoms with van der Waals surface area (Å²) in [5, 5.41) is 20.3. The first-order valence-electron chi connectivity index (χ1n) is 6.71. The highest BCUT2D eigenvalue weighted by atomic mass is 32.2. The Morgan fingerprint density at radius 3 is 2.75 bits per heavy atom. The van der Waals surface area contributed by atoms with E-state index in [1.54, 1.807) is 11.8 Å². The number of aromatic nitrogens is 2. The van der Waals surface area contributed by atoms with Crippen LogP contribution in [-0.4, -0.2) is 39.5 Å². The minimum atomic E-state index is 0.188. The van der Waals surface area contributed by atoms with Gasteiger partial charge in [-0.3, -0.25) is 5.10 Å². The van der Waals surface area contributed by atoms with Crippen molar-refractivity contribution in [2.45, 2.75) is 24.8 Å². The number of nitrogens with zero attached hydrogens (tertiary/aromatic N) is 1. The molecule has 2 rings (SSSR count). The fraction of sp³-hybridized carbons (Fsp3) is 0.400. The monoisotopic (exact) mass is 291 g/mol. The van der Waals surface area contributed by atoms with Gasteiger partial charge in [-0.05, 0) is 19.2 Å². The molecule has 5 heteroatoms. The highest BCUT2D eigenvalue weighted by Crippen LogP contribution is 2.17. The molecular weight excluding hydrogens is 270 g/mol. The van der Waals surface area contributed by atoms with Gasteiger partial charge in [0.25, 0.3) is 0 Å². The normalized spacial score (nSPS) is 14.2. The minimum Gasteiger partial charge on any atom is -0.395 e. The van der Waals surface area contributed by atoms with Crippen LogP contribution in [0.1, 0.15) is 12.6 Å². The maximum Gasteiger partial charge on any atom is 0.0924 e. The first-order valence-corrected chi connectivity index (χ1v) is 8.00. The molecule has 2 atom stereocenters. The van der Waals surface area contributed by atoms with Gasteiger partial charge in [0.15, 0.2) is 0 Å². The van der Waals surface area contributed by atoms with Crippen molar-refractivity contribution in [1.29, 1.82) is 0 Å². The van der Waals surface area contributed by atoms with Gasteiger partial charge in [0.2, 0.25) is 0 Å². The molecular formula is C15H21N3OS. The Morgan fingerprint density at radius 2 is 2.10 bits per heavy atom. The Kier molecular flexibility index (Phi) is 5.64. The highest BCUT2D eigenvalue weighted by Gasteiger charge is 2.14. The van der Waals surface area contributed by atoms with Gasteiger partial charge >= 0.3 is 0 Å². The third kappa shape index (κ3) is 3.85. The Bertz CT molecular complexity index is 511. The summed E-state index contributed by atoms with van der Waals surface area (Å²) >= 11 is 1.68. The predicted octanol–water partition coefficient (Wildman–Crippen LogP) is 2.28.